The first-order valence-electron chi connectivity index (χ1n) is 12.2. The van der Waals surface area contributed by atoms with Crippen LogP contribution in [0.3, 0.4) is 0 Å². The SMILES string of the molecule is COC(=O)[C@H](Cc1ccc(O)cc1)NC(=O)[C@@H](CC(C)C)NC(=O)[C@@H](CO)NC(=O)OCc1ccccc1. The zero-order valence-corrected chi connectivity index (χ0v) is 21.7. The van der Waals surface area contributed by atoms with Crippen LogP contribution in [0.1, 0.15) is 31.4 Å². The van der Waals surface area contributed by atoms with Crippen LogP contribution in [-0.4, -0.2) is 65.9 Å². The van der Waals surface area contributed by atoms with Gasteiger partial charge in [0.25, 0.3) is 0 Å². The monoisotopic (exact) mass is 529 g/mol. The molecule has 2 aromatic carbocycles. The number of alkyl carbamates (subject to hydrolysis) is 1. The second-order valence-electron chi connectivity index (χ2n) is 9.09. The number of hydrogen-bond acceptors (Lipinski definition) is 8. The maximum atomic E-state index is 13.1. The van der Waals surface area contributed by atoms with Crippen LogP contribution in [0, 0.1) is 5.92 Å². The third kappa shape index (κ3) is 10.1. The molecule has 11 heteroatoms. The summed E-state index contributed by atoms with van der Waals surface area (Å²) in [4.78, 5) is 50.5. The number of phenolic OH excluding ortho intramolecular Hbond substituents is 1. The topological polar surface area (TPSA) is 163 Å². The van der Waals surface area contributed by atoms with Crippen molar-refractivity contribution < 1.29 is 38.9 Å². The number of benzene rings is 2. The number of carbonyl (C=O) groups excluding carboxylic acids is 4. The van der Waals surface area contributed by atoms with E-state index in [4.69, 9.17) is 9.47 Å². The molecule has 0 saturated carbocycles. The zero-order valence-electron chi connectivity index (χ0n) is 21.7. The van der Waals surface area contributed by atoms with Gasteiger partial charge in [-0.25, -0.2) is 9.59 Å². The van der Waals surface area contributed by atoms with Crippen LogP contribution in [0.25, 0.3) is 0 Å². The Hall–Kier alpha value is -4.12. The minimum Gasteiger partial charge on any atom is -0.508 e. The fraction of sp³-hybridized carbons (Fsp3) is 0.407. The van der Waals surface area contributed by atoms with Crippen molar-refractivity contribution in [2.75, 3.05) is 13.7 Å². The number of nitrogens with one attached hydrogen (secondary N) is 3. The smallest absolute Gasteiger partial charge is 0.408 e. The van der Waals surface area contributed by atoms with Crippen LogP contribution < -0.4 is 16.0 Å². The first-order chi connectivity index (χ1) is 18.1. The summed E-state index contributed by atoms with van der Waals surface area (Å²) >= 11 is 0. The standard InChI is InChI=1S/C27H35N3O8/c1-17(2)13-21(24(33)29-22(26(35)37-3)14-18-9-11-20(32)12-10-18)28-25(34)23(15-31)30-27(36)38-16-19-7-5-4-6-8-19/h4-12,17,21-23,31-32H,13-16H2,1-3H3,(H,28,34)(H,29,33)(H,30,36)/t21-,22+,23-/m1/s1. The number of rotatable bonds is 13. The largest absolute Gasteiger partial charge is 0.508 e. The Kier molecular flexibility index (Phi) is 12.0. The maximum Gasteiger partial charge on any atom is 0.408 e. The van der Waals surface area contributed by atoms with Gasteiger partial charge in [0.2, 0.25) is 11.8 Å². The van der Waals surface area contributed by atoms with E-state index in [0.717, 1.165) is 5.56 Å². The summed E-state index contributed by atoms with van der Waals surface area (Å²) in [5.41, 5.74) is 1.41. The number of aromatic hydroxyl groups is 1. The molecule has 0 heterocycles. The summed E-state index contributed by atoms with van der Waals surface area (Å²) in [5.74, 6) is -2.07. The first-order valence-corrected chi connectivity index (χ1v) is 12.2. The van der Waals surface area contributed by atoms with Gasteiger partial charge in [0, 0.05) is 6.42 Å². The molecule has 0 aliphatic rings. The lowest BCUT2D eigenvalue weighted by Gasteiger charge is -2.25. The van der Waals surface area contributed by atoms with Crippen molar-refractivity contribution in [1.29, 1.82) is 0 Å². The molecule has 3 amide bonds. The Morgan fingerprint density at radius 3 is 2.00 bits per heavy atom. The number of hydrogen-bond donors (Lipinski definition) is 5. The first kappa shape index (κ1) is 30.1. The zero-order chi connectivity index (χ0) is 28.1. The third-order valence-corrected chi connectivity index (χ3v) is 5.52. The van der Waals surface area contributed by atoms with Gasteiger partial charge in [-0.3, -0.25) is 9.59 Å². The van der Waals surface area contributed by atoms with Gasteiger partial charge in [-0.05, 0) is 35.6 Å². The van der Waals surface area contributed by atoms with Crippen LogP contribution in [0.4, 0.5) is 4.79 Å². The Morgan fingerprint density at radius 2 is 1.42 bits per heavy atom. The van der Waals surface area contributed by atoms with Crippen molar-refractivity contribution in [3.8, 4) is 5.75 Å². The van der Waals surface area contributed by atoms with Gasteiger partial charge in [-0.15, -0.1) is 0 Å². The highest BCUT2D eigenvalue weighted by atomic mass is 16.5. The Labute approximate surface area is 221 Å². The summed E-state index contributed by atoms with van der Waals surface area (Å²) < 4.78 is 9.92. The average molecular weight is 530 g/mol. The van der Waals surface area contributed by atoms with Gasteiger partial charge in [-0.2, -0.15) is 0 Å². The van der Waals surface area contributed by atoms with Crippen molar-refractivity contribution >= 4 is 23.9 Å². The number of phenols is 1. The molecular weight excluding hydrogens is 494 g/mol. The highest BCUT2D eigenvalue weighted by molar-refractivity contribution is 5.93. The molecule has 5 N–H and O–H groups in total. The number of aliphatic hydroxyl groups is 1. The number of ether oxygens (including phenoxy) is 2. The van der Waals surface area contributed by atoms with E-state index < -0.39 is 48.6 Å². The maximum absolute atomic E-state index is 13.1. The number of aliphatic hydroxyl groups excluding tert-OH is 1. The molecule has 2 aromatic rings. The lowest BCUT2D eigenvalue weighted by atomic mass is 10.0. The lowest BCUT2D eigenvalue weighted by Crippen LogP contribution is -2.57. The predicted octanol–water partition coefficient (Wildman–Crippen LogP) is 1.41. The van der Waals surface area contributed by atoms with Crippen LogP contribution in [-0.2, 0) is 36.9 Å². The highest BCUT2D eigenvalue weighted by Gasteiger charge is 2.30. The van der Waals surface area contributed by atoms with Gasteiger partial charge in [0.15, 0.2) is 0 Å². The molecule has 0 radical (unpaired) electrons. The molecule has 38 heavy (non-hydrogen) atoms. The quantitative estimate of drug-likeness (QED) is 0.243. The van der Waals surface area contributed by atoms with E-state index in [-0.39, 0.29) is 31.1 Å². The molecule has 0 aromatic heterocycles. The van der Waals surface area contributed by atoms with E-state index in [1.54, 1.807) is 36.4 Å². The Bertz CT molecular complexity index is 1060. The van der Waals surface area contributed by atoms with Crippen LogP contribution in [0.2, 0.25) is 0 Å². The highest BCUT2D eigenvalue weighted by Crippen LogP contribution is 2.13. The van der Waals surface area contributed by atoms with E-state index in [1.165, 1.54) is 19.2 Å². The fourth-order valence-electron chi connectivity index (χ4n) is 3.55. The third-order valence-electron chi connectivity index (χ3n) is 5.52. The minimum absolute atomic E-state index is 0.0175. The van der Waals surface area contributed by atoms with Crippen molar-refractivity contribution in [1.82, 2.24) is 16.0 Å². The van der Waals surface area contributed by atoms with Crippen LogP contribution in [0.5, 0.6) is 5.75 Å². The molecule has 3 atom stereocenters. The van der Waals surface area contributed by atoms with E-state index in [9.17, 15) is 29.4 Å². The van der Waals surface area contributed by atoms with Gasteiger partial charge in [-0.1, -0.05) is 56.3 Å². The molecule has 11 nitrogen and oxygen atoms in total. The Morgan fingerprint density at radius 1 is 0.816 bits per heavy atom. The van der Waals surface area contributed by atoms with Gasteiger partial charge in [0.1, 0.15) is 30.5 Å². The van der Waals surface area contributed by atoms with Gasteiger partial charge in [0.05, 0.1) is 13.7 Å². The lowest BCUT2D eigenvalue weighted by molar-refractivity contribution is -0.145. The molecule has 0 fully saturated rings. The van der Waals surface area contributed by atoms with E-state index in [1.807, 2.05) is 19.9 Å². The van der Waals surface area contributed by atoms with Gasteiger partial charge < -0.3 is 35.6 Å². The summed E-state index contributed by atoms with van der Waals surface area (Å²) in [6.07, 6.45) is -0.594. The molecular formula is C27H35N3O8. The van der Waals surface area contributed by atoms with Gasteiger partial charge >= 0.3 is 12.1 Å². The molecule has 0 aliphatic heterocycles. The molecule has 0 saturated heterocycles. The molecule has 0 unspecified atom stereocenters. The summed E-state index contributed by atoms with van der Waals surface area (Å²) in [7, 11) is 1.19. The molecule has 0 spiro atoms. The fourth-order valence-corrected chi connectivity index (χ4v) is 3.55. The van der Waals surface area contributed by atoms with Crippen molar-refractivity contribution in [2.45, 2.75) is 51.4 Å². The predicted molar refractivity (Wildman–Crippen MR) is 138 cm³/mol. The Balaban J connectivity index is 2.04. The number of amides is 3. The molecule has 206 valence electrons. The number of esters is 1. The summed E-state index contributed by atoms with van der Waals surface area (Å²) in [6.45, 7) is 2.95. The van der Waals surface area contributed by atoms with Crippen LogP contribution in [0.15, 0.2) is 54.6 Å². The van der Waals surface area contributed by atoms with E-state index in [0.29, 0.717) is 5.56 Å². The normalized spacial score (nSPS) is 13.1. The number of methoxy groups -OCH3 is 1. The summed E-state index contributed by atoms with van der Waals surface area (Å²) in [6, 6.07) is 11.6. The average Bonchev–Trinajstić information content (AvgIpc) is 2.90. The van der Waals surface area contributed by atoms with Crippen molar-refractivity contribution in [3.05, 3.63) is 65.7 Å². The van der Waals surface area contributed by atoms with E-state index in [2.05, 4.69) is 16.0 Å². The second-order valence-corrected chi connectivity index (χ2v) is 9.09. The molecule has 0 aliphatic carbocycles. The van der Waals surface area contributed by atoms with Crippen molar-refractivity contribution in [2.24, 2.45) is 5.92 Å². The minimum atomic E-state index is -1.37. The molecule has 0 bridgehead atoms. The number of carbonyl (C=O) groups is 4. The van der Waals surface area contributed by atoms with E-state index >= 15 is 0 Å². The van der Waals surface area contributed by atoms with Crippen molar-refractivity contribution in [3.63, 3.8) is 0 Å². The molecule has 2 rings (SSSR count). The second kappa shape index (κ2) is 15.2. The summed E-state index contributed by atoms with van der Waals surface area (Å²) in [5, 5.41) is 26.6. The van der Waals surface area contributed by atoms with Crippen LogP contribution >= 0.6 is 0 Å².